The monoisotopic (exact) mass is 748 g/mol. The summed E-state index contributed by atoms with van der Waals surface area (Å²) in [6, 6.07) is 71.2. The van der Waals surface area contributed by atoms with Gasteiger partial charge in [0.05, 0.1) is 11.0 Å². The highest BCUT2D eigenvalue weighted by Crippen LogP contribution is 2.63. The van der Waals surface area contributed by atoms with Crippen LogP contribution in [0.3, 0.4) is 0 Å². The summed E-state index contributed by atoms with van der Waals surface area (Å²) in [6.07, 6.45) is 0. The Kier molecular flexibility index (Phi) is 5.99. The second-order valence-electron chi connectivity index (χ2n) is 16.2. The van der Waals surface area contributed by atoms with Gasteiger partial charge in [0.2, 0.25) is 0 Å². The van der Waals surface area contributed by atoms with Gasteiger partial charge in [0.25, 0.3) is 0 Å². The fraction of sp³-hybridized carbons (Fsp3) is 0.0175. The number of hydrogen-bond donors (Lipinski definition) is 0. The van der Waals surface area contributed by atoms with E-state index in [0.717, 1.165) is 65.8 Å². The fourth-order valence-electron chi connectivity index (χ4n) is 11.2. The number of furan rings is 2. The molecule has 0 unspecified atom stereocenters. The van der Waals surface area contributed by atoms with Gasteiger partial charge in [0, 0.05) is 27.1 Å². The topological polar surface area (TPSA) is 26.3 Å². The lowest BCUT2D eigenvalue weighted by Gasteiger charge is -2.30. The van der Waals surface area contributed by atoms with Gasteiger partial charge in [-0.25, -0.2) is 0 Å². The van der Waals surface area contributed by atoms with Gasteiger partial charge in [0.1, 0.15) is 22.3 Å². The average molecular weight is 749 g/mol. The number of para-hydroxylation sites is 2. The molecule has 2 aliphatic rings. The van der Waals surface area contributed by atoms with Crippen molar-refractivity contribution >= 4 is 65.4 Å². The third kappa shape index (κ3) is 3.87. The van der Waals surface area contributed by atoms with Crippen molar-refractivity contribution in [3.8, 4) is 44.5 Å². The van der Waals surface area contributed by atoms with E-state index in [0.29, 0.717) is 0 Å². The molecular formula is C57H32O2. The number of benzene rings is 10. The molecular weight excluding hydrogens is 717 g/mol. The van der Waals surface area contributed by atoms with E-state index in [4.69, 9.17) is 8.83 Å². The number of hydrogen-bond acceptors (Lipinski definition) is 2. The third-order valence-corrected chi connectivity index (χ3v) is 13.5. The molecule has 0 amide bonds. The molecule has 12 aromatic rings. The quantitative estimate of drug-likeness (QED) is 0.165. The zero-order valence-electron chi connectivity index (χ0n) is 31.8. The highest BCUT2D eigenvalue weighted by Gasteiger charge is 2.51. The Morgan fingerprint density at radius 1 is 0.271 bits per heavy atom. The maximum atomic E-state index is 6.89. The number of fused-ring (bicyclic) bond motifs is 18. The molecule has 2 heterocycles. The lowest BCUT2D eigenvalue weighted by molar-refractivity contribution is 0.658. The van der Waals surface area contributed by atoms with E-state index >= 15 is 0 Å². The van der Waals surface area contributed by atoms with Crippen LogP contribution in [-0.2, 0) is 5.41 Å². The van der Waals surface area contributed by atoms with Crippen LogP contribution in [0, 0.1) is 0 Å². The molecule has 2 aromatic heterocycles. The molecule has 2 aliphatic carbocycles. The lowest BCUT2D eigenvalue weighted by Crippen LogP contribution is -2.25. The van der Waals surface area contributed by atoms with Gasteiger partial charge in [-0.05, 0) is 101 Å². The summed E-state index contributed by atoms with van der Waals surface area (Å²) in [7, 11) is 0. The molecule has 0 aliphatic heterocycles. The Balaban J connectivity index is 1.11. The molecule has 2 nitrogen and oxygen atoms in total. The van der Waals surface area contributed by atoms with Gasteiger partial charge in [-0.15, -0.1) is 0 Å². The van der Waals surface area contributed by atoms with Gasteiger partial charge in [0.15, 0.2) is 0 Å². The molecule has 14 rings (SSSR count). The Labute approximate surface area is 339 Å². The van der Waals surface area contributed by atoms with Gasteiger partial charge in [-0.3, -0.25) is 0 Å². The summed E-state index contributed by atoms with van der Waals surface area (Å²) < 4.78 is 13.8. The highest BCUT2D eigenvalue weighted by atomic mass is 16.3. The van der Waals surface area contributed by atoms with E-state index in [9.17, 15) is 0 Å². The molecule has 0 saturated heterocycles. The van der Waals surface area contributed by atoms with E-state index in [1.807, 2.05) is 12.1 Å². The average Bonchev–Trinajstić information content (AvgIpc) is 4.03. The van der Waals surface area contributed by atoms with Crippen LogP contribution in [0.25, 0.3) is 110 Å². The Hall–Kier alpha value is -7.68. The Morgan fingerprint density at radius 3 is 1.15 bits per heavy atom. The zero-order valence-corrected chi connectivity index (χ0v) is 31.8. The van der Waals surface area contributed by atoms with Crippen LogP contribution in [0.2, 0.25) is 0 Å². The summed E-state index contributed by atoms with van der Waals surface area (Å²) in [6.45, 7) is 0. The maximum Gasteiger partial charge on any atom is 0.147 e. The summed E-state index contributed by atoms with van der Waals surface area (Å²) in [5, 5.41) is 9.08. The third-order valence-electron chi connectivity index (χ3n) is 13.5. The molecule has 1 spiro atoms. The molecule has 2 heteroatoms. The van der Waals surface area contributed by atoms with Crippen LogP contribution in [0.15, 0.2) is 203 Å². The first kappa shape index (κ1) is 31.4. The number of rotatable bonds is 2. The Bertz CT molecular complexity index is 3590. The second-order valence-corrected chi connectivity index (χ2v) is 16.2. The maximum absolute atomic E-state index is 6.89. The highest BCUT2D eigenvalue weighted by molar-refractivity contribution is 6.29. The van der Waals surface area contributed by atoms with Crippen LogP contribution < -0.4 is 0 Å². The Morgan fingerprint density at radius 2 is 0.661 bits per heavy atom. The predicted molar refractivity (Wildman–Crippen MR) is 243 cm³/mol. The van der Waals surface area contributed by atoms with Crippen molar-refractivity contribution in [2.45, 2.75) is 5.41 Å². The molecule has 272 valence electrons. The minimum absolute atomic E-state index is 0.426. The first-order valence-corrected chi connectivity index (χ1v) is 20.4. The van der Waals surface area contributed by atoms with Crippen molar-refractivity contribution in [3.63, 3.8) is 0 Å². The van der Waals surface area contributed by atoms with E-state index < -0.39 is 5.41 Å². The first-order valence-electron chi connectivity index (χ1n) is 20.4. The molecule has 0 saturated carbocycles. The van der Waals surface area contributed by atoms with Crippen molar-refractivity contribution in [1.82, 2.24) is 0 Å². The molecule has 0 fully saturated rings. The standard InChI is InChI=1S/C57H32O2/c1-3-22-42-40(20-1)52(33-29-30-37-36-17-7-12-26-48(36)57(49(37)31-33)46-24-10-5-15-34(46)35-16-6-11-25-47(35)57)41-21-2-4-23-43(41)53(42)54-55-44(38-18-8-13-27-50(38)58-55)32-45-39-19-9-14-28-51(39)59-56(45)54/h1-32H. The van der Waals surface area contributed by atoms with Crippen molar-refractivity contribution in [3.05, 3.63) is 216 Å². The van der Waals surface area contributed by atoms with Crippen molar-refractivity contribution < 1.29 is 8.83 Å². The SMILES string of the molecule is c1ccc2c(c1)-c1ccccc1C21c2ccccc2-c2ccc(-c3c4ccccc4c(-c4c5oc6ccccc6c5cc5c4oc4ccccc45)c4ccccc34)cc21. The fourth-order valence-corrected chi connectivity index (χ4v) is 11.2. The summed E-state index contributed by atoms with van der Waals surface area (Å²) >= 11 is 0. The first-order chi connectivity index (χ1) is 29.3. The lowest BCUT2D eigenvalue weighted by atomic mass is 9.70. The van der Waals surface area contributed by atoms with Crippen LogP contribution in [0.4, 0.5) is 0 Å². The van der Waals surface area contributed by atoms with Crippen LogP contribution in [0.1, 0.15) is 22.3 Å². The molecule has 0 atom stereocenters. The predicted octanol–water partition coefficient (Wildman–Crippen LogP) is 15.5. The largest absolute Gasteiger partial charge is 0.455 e. The van der Waals surface area contributed by atoms with E-state index in [-0.39, 0.29) is 0 Å². The molecule has 0 radical (unpaired) electrons. The molecule has 0 N–H and O–H groups in total. The smallest absolute Gasteiger partial charge is 0.147 e. The van der Waals surface area contributed by atoms with E-state index in [1.54, 1.807) is 0 Å². The normalized spacial score (nSPS) is 13.6. The minimum Gasteiger partial charge on any atom is -0.455 e. The summed E-state index contributed by atoms with van der Waals surface area (Å²) in [5.41, 5.74) is 18.2. The summed E-state index contributed by atoms with van der Waals surface area (Å²) in [4.78, 5) is 0. The van der Waals surface area contributed by atoms with Gasteiger partial charge >= 0.3 is 0 Å². The van der Waals surface area contributed by atoms with Gasteiger partial charge in [-0.2, -0.15) is 0 Å². The van der Waals surface area contributed by atoms with E-state index in [2.05, 4.69) is 182 Å². The van der Waals surface area contributed by atoms with Gasteiger partial charge in [-0.1, -0.05) is 170 Å². The van der Waals surface area contributed by atoms with Crippen molar-refractivity contribution in [2.75, 3.05) is 0 Å². The zero-order chi connectivity index (χ0) is 38.4. The summed E-state index contributed by atoms with van der Waals surface area (Å²) in [5.74, 6) is 0. The van der Waals surface area contributed by atoms with Crippen molar-refractivity contribution in [1.29, 1.82) is 0 Å². The van der Waals surface area contributed by atoms with Crippen LogP contribution in [0.5, 0.6) is 0 Å². The second kappa shape index (κ2) is 11.2. The van der Waals surface area contributed by atoms with E-state index in [1.165, 1.54) is 66.4 Å². The van der Waals surface area contributed by atoms with Crippen LogP contribution >= 0.6 is 0 Å². The molecule has 0 bridgehead atoms. The van der Waals surface area contributed by atoms with Gasteiger partial charge < -0.3 is 8.83 Å². The minimum atomic E-state index is -0.426. The van der Waals surface area contributed by atoms with Crippen molar-refractivity contribution in [2.24, 2.45) is 0 Å². The molecule has 59 heavy (non-hydrogen) atoms. The van der Waals surface area contributed by atoms with Crippen LogP contribution in [-0.4, -0.2) is 0 Å². The molecule has 10 aromatic carbocycles.